The first kappa shape index (κ1) is 11.5. The van der Waals surface area contributed by atoms with Crippen LogP contribution in [0.2, 0.25) is 0 Å². The molecule has 1 unspecified atom stereocenters. The average Bonchev–Trinajstić information content (AvgIpc) is 2.79. The Morgan fingerprint density at radius 2 is 2.56 bits per heavy atom. The van der Waals surface area contributed by atoms with Gasteiger partial charge in [0.05, 0.1) is 0 Å². The fourth-order valence-corrected chi connectivity index (χ4v) is 3.14. The van der Waals surface area contributed by atoms with Gasteiger partial charge in [-0.05, 0) is 12.5 Å². The highest BCUT2D eigenvalue weighted by molar-refractivity contribution is 7.99. The molecule has 1 aromatic rings. The summed E-state index contributed by atoms with van der Waals surface area (Å²) in [6.45, 7) is 2.91. The van der Waals surface area contributed by atoms with E-state index in [0.717, 1.165) is 24.3 Å². The van der Waals surface area contributed by atoms with E-state index in [1.54, 1.807) is 6.20 Å². The van der Waals surface area contributed by atoms with Crippen LogP contribution in [0.3, 0.4) is 0 Å². The van der Waals surface area contributed by atoms with Crippen molar-refractivity contribution in [3.05, 3.63) is 30.1 Å². The molecule has 3 nitrogen and oxygen atoms in total. The van der Waals surface area contributed by atoms with Gasteiger partial charge >= 0.3 is 0 Å². The van der Waals surface area contributed by atoms with Crippen LogP contribution in [0.25, 0.3) is 0 Å². The lowest BCUT2D eigenvalue weighted by Crippen LogP contribution is -2.30. The Bertz CT molecular complexity index is 355. The lowest BCUT2D eigenvalue weighted by Gasteiger charge is -2.23. The van der Waals surface area contributed by atoms with E-state index in [2.05, 4.69) is 4.98 Å². The van der Waals surface area contributed by atoms with E-state index in [4.69, 9.17) is 0 Å². The summed E-state index contributed by atoms with van der Waals surface area (Å²) in [5.41, 5.74) is 1.13. The van der Waals surface area contributed by atoms with Crippen LogP contribution in [-0.4, -0.2) is 28.1 Å². The first-order chi connectivity index (χ1) is 7.83. The van der Waals surface area contributed by atoms with Crippen molar-refractivity contribution in [2.75, 3.05) is 12.3 Å². The molecule has 0 aliphatic carbocycles. The van der Waals surface area contributed by atoms with Gasteiger partial charge in [0.15, 0.2) is 0 Å². The molecule has 1 fully saturated rings. The number of aromatic nitrogens is 1. The largest absolute Gasteiger partial charge is 0.326 e. The zero-order chi connectivity index (χ0) is 11.4. The molecule has 86 valence electrons. The van der Waals surface area contributed by atoms with Gasteiger partial charge in [-0.2, -0.15) is 0 Å². The van der Waals surface area contributed by atoms with Crippen LogP contribution in [0.1, 0.15) is 30.7 Å². The Morgan fingerprint density at radius 3 is 3.25 bits per heavy atom. The number of carbonyl (C=O) groups is 1. The number of carbonyl (C=O) groups excluding carboxylic acids is 1. The second kappa shape index (κ2) is 5.34. The highest BCUT2D eigenvalue weighted by Gasteiger charge is 2.29. The molecular formula is C12H16N2OS. The van der Waals surface area contributed by atoms with E-state index in [0.29, 0.717) is 6.42 Å². The average molecular weight is 236 g/mol. The third-order valence-electron chi connectivity index (χ3n) is 2.64. The first-order valence-corrected chi connectivity index (χ1v) is 6.69. The topological polar surface area (TPSA) is 33.2 Å². The van der Waals surface area contributed by atoms with Crippen molar-refractivity contribution in [2.24, 2.45) is 0 Å². The number of hydrogen-bond acceptors (Lipinski definition) is 3. The van der Waals surface area contributed by atoms with Crippen molar-refractivity contribution in [2.45, 2.75) is 25.1 Å². The SMILES string of the molecule is CCCC(=O)N1CCSC1c1cccnc1. The lowest BCUT2D eigenvalue weighted by molar-refractivity contribution is -0.131. The highest BCUT2D eigenvalue weighted by Crippen LogP contribution is 2.37. The van der Waals surface area contributed by atoms with Crippen LogP contribution in [0, 0.1) is 0 Å². The minimum Gasteiger partial charge on any atom is -0.326 e. The van der Waals surface area contributed by atoms with E-state index in [-0.39, 0.29) is 11.3 Å². The Morgan fingerprint density at radius 1 is 1.69 bits per heavy atom. The maximum Gasteiger partial charge on any atom is 0.223 e. The number of thioether (sulfide) groups is 1. The minimum atomic E-state index is 0.174. The van der Waals surface area contributed by atoms with Crippen LogP contribution >= 0.6 is 11.8 Å². The first-order valence-electron chi connectivity index (χ1n) is 5.64. The van der Waals surface area contributed by atoms with E-state index >= 15 is 0 Å². The van der Waals surface area contributed by atoms with Gasteiger partial charge in [-0.3, -0.25) is 9.78 Å². The third kappa shape index (κ3) is 2.38. The standard InChI is InChI=1S/C12H16N2OS/c1-2-4-11(15)14-7-8-16-12(14)10-5-3-6-13-9-10/h3,5-6,9,12H,2,4,7-8H2,1H3. The summed E-state index contributed by atoms with van der Waals surface area (Å²) >= 11 is 1.82. The summed E-state index contributed by atoms with van der Waals surface area (Å²) in [6.07, 6.45) is 5.19. The van der Waals surface area contributed by atoms with Gasteiger partial charge in [-0.15, -0.1) is 11.8 Å². The fraction of sp³-hybridized carbons (Fsp3) is 0.500. The number of amides is 1. The molecule has 4 heteroatoms. The summed E-state index contributed by atoms with van der Waals surface area (Å²) in [5.74, 6) is 1.29. The van der Waals surface area contributed by atoms with Gasteiger partial charge in [-0.1, -0.05) is 13.0 Å². The molecule has 1 aliphatic heterocycles. The summed E-state index contributed by atoms with van der Waals surface area (Å²) < 4.78 is 0. The maximum atomic E-state index is 11.9. The monoisotopic (exact) mass is 236 g/mol. The van der Waals surface area contributed by atoms with Crippen LogP contribution in [-0.2, 0) is 4.79 Å². The van der Waals surface area contributed by atoms with Gasteiger partial charge < -0.3 is 4.90 Å². The smallest absolute Gasteiger partial charge is 0.223 e. The van der Waals surface area contributed by atoms with Crippen LogP contribution in [0.4, 0.5) is 0 Å². The molecule has 0 N–H and O–H groups in total. The van der Waals surface area contributed by atoms with Crippen LogP contribution in [0.15, 0.2) is 24.5 Å². The van der Waals surface area contributed by atoms with Gasteiger partial charge in [0.2, 0.25) is 5.91 Å². The second-order valence-corrected chi connectivity index (χ2v) is 5.03. The van der Waals surface area contributed by atoms with Gasteiger partial charge in [-0.25, -0.2) is 0 Å². The Hall–Kier alpha value is -1.03. The zero-order valence-corrected chi connectivity index (χ0v) is 10.2. The highest BCUT2D eigenvalue weighted by atomic mass is 32.2. The number of pyridine rings is 1. The van der Waals surface area contributed by atoms with Crippen LogP contribution in [0.5, 0.6) is 0 Å². The summed E-state index contributed by atoms with van der Waals surface area (Å²) in [6, 6.07) is 3.97. The Kier molecular flexibility index (Phi) is 3.83. The summed E-state index contributed by atoms with van der Waals surface area (Å²) in [7, 11) is 0. The molecule has 2 heterocycles. The molecule has 0 bridgehead atoms. The molecule has 1 aliphatic rings. The molecule has 1 amide bonds. The Balaban J connectivity index is 2.12. The molecular weight excluding hydrogens is 220 g/mol. The van der Waals surface area contributed by atoms with Crippen molar-refractivity contribution >= 4 is 17.7 Å². The number of hydrogen-bond donors (Lipinski definition) is 0. The van der Waals surface area contributed by atoms with Crippen molar-refractivity contribution < 1.29 is 4.79 Å². The van der Waals surface area contributed by atoms with Gasteiger partial charge in [0.25, 0.3) is 0 Å². The van der Waals surface area contributed by atoms with E-state index in [1.807, 2.05) is 41.9 Å². The summed E-state index contributed by atoms with van der Waals surface area (Å²) in [5, 5.41) is 0.174. The molecule has 0 spiro atoms. The van der Waals surface area contributed by atoms with E-state index in [1.165, 1.54) is 0 Å². The Labute approximate surface area is 100 Å². The maximum absolute atomic E-state index is 11.9. The molecule has 1 aromatic heterocycles. The summed E-state index contributed by atoms with van der Waals surface area (Å²) in [4.78, 5) is 18.0. The van der Waals surface area contributed by atoms with E-state index < -0.39 is 0 Å². The van der Waals surface area contributed by atoms with Crippen molar-refractivity contribution in [3.8, 4) is 0 Å². The van der Waals surface area contributed by atoms with Crippen molar-refractivity contribution in [1.82, 2.24) is 9.88 Å². The van der Waals surface area contributed by atoms with Crippen LogP contribution < -0.4 is 0 Å². The molecule has 0 saturated carbocycles. The number of nitrogens with zero attached hydrogens (tertiary/aromatic N) is 2. The third-order valence-corrected chi connectivity index (χ3v) is 3.91. The molecule has 2 rings (SSSR count). The minimum absolute atomic E-state index is 0.174. The molecule has 1 atom stereocenters. The lowest BCUT2D eigenvalue weighted by atomic mass is 10.2. The predicted octanol–water partition coefficient (Wildman–Crippen LogP) is 2.46. The van der Waals surface area contributed by atoms with Crippen molar-refractivity contribution in [1.29, 1.82) is 0 Å². The molecule has 1 saturated heterocycles. The van der Waals surface area contributed by atoms with Crippen molar-refractivity contribution in [3.63, 3.8) is 0 Å². The zero-order valence-electron chi connectivity index (χ0n) is 9.43. The van der Waals surface area contributed by atoms with Gasteiger partial charge in [0.1, 0.15) is 5.37 Å². The second-order valence-electron chi connectivity index (χ2n) is 3.85. The quantitative estimate of drug-likeness (QED) is 0.808. The number of rotatable bonds is 3. The molecule has 16 heavy (non-hydrogen) atoms. The van der Waals surface area contributed by atoms with E-state index in [9.17, 15) is 4.79 Å². The fourth-order valence-electron chi connectivity index (χ4n) is 1.88. The molecule has 0 radical (unpaired) electrons. The molecule has 0 aromatic carbocycles. The van der Waals surface area contributed by atoms with Gasteiger partial charge in [0, 0.05) is 36.7 Å². The predicted molar refractivity (Wildman–Crippen MR) is 66.1 cm³/mol. The normalized spacial score (nSPS) is 20.1.